The SMILES string of the molecule is COc1ccc(CCC(NN)c2cccc(F)c2Br)cc1. The molecule has 112 valence electrons. The Morgan fingerprint density at radius 3 is 2.57 bits per heavy atom. The summed E-state index contributed by atoms with van der Waals surface area (Å²) >= 11 is 3.28. The summed E-state index contributed by atoms with van der Waals surface area (Å²) in [5.74, 6) is 6.17. The lowest BCUT2D eigenvalue weighted by Gasteiger charge is -2.18. The van der Waals surface area contributed by atoms with E-state index in [0.29, 0.717) is 4.47 Å². The molecule has 1 unspecified atom stereocenters. The van der Waals surface area contributed by atoms with E-state index in [2.05, 4.69) is 21.4 Å². The average Bonchev–Trinajstić information content (AvgIpc) is 2.52. The van der Waals surface area contributed by atoms with Crippen LogP contribution in [0.4, 0.5) is 4.39 Å². The van der Waals surface area contributed by atoms with Crippen molar-refractivity contribution in [3.63, 3.8) is 0 Å². The van der Waals surface area contributed by atoms with Gasteiger partial charge in [-0.25, -0.2) is 4.39 Å². The number of hydrazine groups is 1. The molecule has 0 radical (unpaired) electrons. The lowest BCUT2D eigenvalue weighted by Crippen LogP contribution is -2.28. The molecule has 0 saturated carbocycles. The third kappa shape index (κ3) is 4.03. The van der Waals surface area contributed by atoms with Gasteiger partial charge in [-0.05, 0) is 58.1 Å². The van der Waals surface area contributed by atoms with Crippen LogP contribution in [0, 0.1) is 5.82 Å². The molecule has 0 heterocycles. The van der Waals surface area contributed by atoms with Crippen LogP contribution < -0.4 is 16.0 Å². The average molecular weight is 353 g/mol. The quantitative estimate of drug-likeness (QED) is 0.615. The van der Waals surface area contributed by atoms with Crippen molar-refractivity contribution in [2.75, 3.05) is 7.11 Å². The summed E-state index contributed by atoms with van der Waals surface area (Å²) < 4.78 is 19.2. The van der Waals surface area contributed by atoms with Crippen molar-refractivity contribution in [2.24, 2.45) is 5.84 Å². The summed E-state index contributed by atoms with van der Waals surface area (Å²) in [6.45, 7) is 0. The van der Waals surface area contributed by atoms with E-state index in [1.807, 2.05) is 30.3 Å². The Morgan fingerprint density at radius 1 is 1.24 bits per heavy atom. The molecular formula is C16H18BrFN2O. The van der Waals surface area contributed by atoms with E-state index in [-0.39, 0.29) is 11.9 Å². The third-order valence-electron chi connectivity index (χ3n) is 3.44. The minimum absolute atomic E-state index is 0.114. The Labute approximate surface area is 132 Å². The Morgan fingerprint density at radius 2 is 1.95 bits per heavy atom. The van der Waals surface area contributed by atoms with Crippen LogP contribution in [0.5, 0.6) is 5.75 Å². The molecule has 0 fully saturated rings. The smallest absolute Gasteiger partial charge is 0.137 e. The van der Waals surface area contributed by atoms with E-state index in [0.717, 1.165) is 24.2 Å². The third-order valence-corrected chi connectivity index (χ3v) is 4.28. The molecule has 5 heteroatoms. The van der Waals surface area contributed by atoms with Crippen LogP contribution in [0.15, 0.2) is 46.9 Å². The summed E-state index contributed by atoms with van der Waals surface area (Å²) in [4.78, 5) is 0. The molecule has 0 spiro atoms. The highest BCUT2D eigenvalue weighted by Crippen LogP contribution is 2.28. The predicted octanol–water partition coefficient (Wildman–Crippen LogP) is 3.73. The highest BCUT2D eigenvalue weighted by molar-refractivity contribution is 9.10. The van der Waals surface area contributed by atoms with Crippen molar-refractivity contribution in [2.45, 2.75) is 18.9 Å². The molecule has 2 rings (SSSR count). The number of nitrogens with one attached hydrogen (secondary N) is 1. The summed E-state index contributed by atoms with van der Waals surface area (Å²) in [7, 11) is 1.64. The zero-order valence-corrected chi connectivity index (χ0v) is 13.4. The van der Waals surface area contributed by atoms with Gasteiger partial charge in [-0.2, -0.15) is 0 Å². The maximum absolute atomic E-state index is 13.6. The summed E-state index contributed by atoms with van der Waals surface area (Å²) in [5.41, 5.74) is 4.77. The van der Waals surface area contributed by atoms with Crippen LogP contribution in [0.2, 0.25) is 0 Å². The van der Waals surface area contributed by atoms with Gasteiger partial charge in [0.2, 0.25) is 0 Å². The van der Waals surface area contributed by atoms with E-state index in [4.69, 9.17) is 10.6 Å². The van der Waals surface area contributed by atoms with Gasteiger partial charge in [0.25, 0.3) is 0 Å². The molecule has 0 bridgehead atoms. The molecule has 3 N–H and O–H groups in total. The first-order chi connectivity index (χ1) is 10.2. The van der Waals surface area contributed by atoms with Crippen molar-refractivity contribution in [3.05, 3.63) is 63.9 Å². The topological polar surface area (TPSA) is 47.3 Å². The van der Waals surface area contributed by atoms with E-state index in [1.165, 1.54) is 11.6 Å². The first-order valence-corrected chi connectivity index (χ1v) is 7.48. The van der Waals surface area contributed by atoms with Crippen LogP contribution in [-0.2, 0) is 6.42 Å². The van der Waals surface area contributed by atoms with Gasteiger partial charge in [-0.3, -0.25) is 11.3 Å². The number of halogens is 2. The number of nitrogens with two attached hydrogens (primary N) is 1. The Bertz CT molecular complexity index is 589. The highest BCUT2D eigenvalue weighted by atomic mass is 79.9. The maximum atomic E-state index is 13.6. The number of hydrogen-bond donors (Lipinski definition) is 2. The van der Waals surface area contributed by atoms with Crippen LogP contribution >= 0.6 is 15.9 Å². The maximum Gasteiger partial charge on any atom is 0.137 e. The zero-order chi connectivity index (χ0) is 15.2. The van der Waals surface area contributed by atoms with E-state index in [9.17, 15) is 4.39 Å². The lowest BCUT2D eigenvalue weighted by atomic mass is 9.99. The van der Waals surface area contributed by atoms with Gasteiger partial charge in [0, 0.05) is 6.04 Å². The Balaban J connectivity index is 2.06. The van der Waals surface area contributed by atoms with Crippen LogP contribution in [-0.4, -0.2) is 7.11 Å². The standard InChI is InChI=1S/C16H18BrFN2O/c1-21-12-8-5-11(6-9-12)7-10-15(20-19)13-3-2-4-14(18)16(13)17/h2-6,8-9,15,20H,7,10,19H2,1H3. The zero-order valence-electron chi connectivity index (χ0n) is 11.8. The fourth-order valence-corrected chi connectivity index (χ4v) is 2.76. The minimum Gasteiger partial charge on any atom is -0.497 e. The van der Waals surface area contributed by atoms with Crippen molar-refractivity contribution >= 4 is 15.9 Å². The summed E-state index contributed by atoms with van der Waals surface area (Å²) in [6, 6.07) is 12.8. The molecule has 2 aromatic rings. The van der Waals surface area contributed by atoms with Crippen LogP contribution in [0.1, 0.15) is 23.6 Å². The fourth-order valence-electron chi connectivity index (χ4n) is 2.22. The molecule has 1 atom stereocenters. The molecule has 3 nitrogen and oxygen atoms in total. The molecular weight excluding hydrogens is 335 g/mol. The van der Waals surface area contributed by atoms with Gasteiger partial charge in [0.15, 0.2) is 0 Å². The fraction of sp³-hybridized carbons (Fsp3) is 0.250. The second-order valence-electron chi connectivity index (χ2n) is 4.75. The Hall–Kier alpha value is -1.43. The van der Waals surface area contributed by atoms with Gasteiger partial charge in [0.1, 0.15) is 11.6 Å². The largest absolute Gasteiger partial charge is 0.497 e. The molecule has 0 saturated heterocycles. The molecule has 2 aromatic carbocycles. The molecule has 21 heavy (non-hydrogen) atoms. The molecule has 0 amide bonds. The number of methoxy groups -OCH3 is 1. The Kier molecular flexibility index (Phi) is 5.73. The monoisotopic (exact) mass is 352 g/mol. The molecule has 0 aliphatic carbocycles. The van der Waals surface area contributed by atoms with Gasteiger partial charge in [-0.15, -0.1) is 0 Å². The van der Waals surface area contributed by atoms with Crippen molar-refractivity contribution < 1.29 is 9.13 Å². The van der Waals surface area contributed by atoms with E-state index < -0.39 is 0 Å². The number of hydrogen-bond acceptors (Lipinski definition) is 3. The lowest BCUT2D eigenvalue weighted by molar-refractivity contribution is 0.414. The van der Waals surface area contributed by atoms with Gasteiger partial charge in [-0.1, -0.05) is 24.3 Å². The van der Waals surface area contributed by atoms with Crippen molar-refractivity contribution in [3.8, 4) is 5.75 Å². The van der Waals surface area contributed by atoms with Gasteiger partial charge >= 0.3 is 0 Å². The van der Waals surface area contributed by atoms with Crippen molar-refractivity contribution in [1.29, 1.82) is 0 Å². The second-order valence-corrected chi connectivity index (χ2v) is 5.54. The first kappa shape index (κ1) is 15.9. The van der Waals surface area contributed by atoms with Crippen molar-refractivity contribution in [1.82, 2.24) is 5.43 Å². The summed E-state index contributed by atoms with van der Waals surface area (Å²) in [6.07, 6.45) is 1.60. The normalized spacial score (nSPS) is 12.2. The highest BCUT2D eigenvalue weighted by Gasteiger charge is 2.15. The molecule has 0 aliphatic heterocycles. The molecule has 0 aliphatic rings. The second kappa shape index (κ2) is 7.54. The predicted molar refractivity (Wildman–Crippen MR) is 85.5 cm³/mol. The van der Waals surface area contributed by atoms with Crippen LogP contribution in [0.3, 0.4) is 0 Å². The van der Waals surface area contributed by atoms with E-state index in [1.54, 1.807) is 13.2 Å². The van der Waals surface area contributed by atoms with E-state index >= 15 is 0 Å². The first-order valence-electron chi connectivity index (χ1n) is 6.68. The van der Waals surface area contributed by atoms with Gasteiger partial charge < -0.3 is 4.74 Å². The minimum atomic E-state index is -0.280. The number of aryl methyl sites for hydroxylation is 1. The summed E-state index contributed by atoms with van der Waals surface area (Å²) in [5, 5.41) is 0. The van der Waals surface area contributed by atoms with Gasteiger partial charge in [0.05, 0.1) is 11.6 Å². The number of benzene rings is 2. The van der Waals surface area contributed by atoms with Crippen LogP contribution in [0.25, 0.3) is 0 Å². The molecule has 0 aromatic heterocycles. The number of ether oxygens (including phenoxy) is 1. The number of rotatable bonds is 6.